The zero-order valence-electron chi connectivity index (χ0n) is 13.7. The molecule has 0 atom stereocenters. The first-order chi connectivity index (χ1) is 13.0. The predicted octanol–water partition coefficient (Wildman–Crippen LogP) is 3.19. The van der Waals surface area contributed by atoms with E-state index >= 15 is 0 Å². The molecule has 0 bridgehead atoms. The van der Waals surface area contributed by atoms with Crippen molar-refractivity contribution in [3.63, 3.8) is 0 Å². The van der Waals surface area contributed by atoms with Gasteiger partial charge in [0.2, 0.25) is 0 Å². The van der Waals surface area contributed by atoms with E-state index in [4.69, 9.17) is 8.83 Å². The quantitative estimate of drug-likeness (QED) is 0.391. The van der Waals surface area contributed by atoms with Gasteiger partial charge in [0.1, 0.15) is 11.5 Å². The molecule has 0 radical (unpaired) electrons. The SMILES string of the molecule is O=C(Nc1ccc([N+](=O)[O-])cc1)/C(=C\c1ccco1)NC(=O)c1ccco1. The van der Waals surface area contributed by atoms with Crippen molar-refractivity contribution in [1.82, 2.24) is 5.32 Å². The van der Waals surface area contributed by atoms with Gasteiger partial charge in [-0.25, -0.2) is 0 Å². The molecule has 136 valence electrons. The molecular weight excluding hydrogens is 354 g/mol. The Morgan fingerprint density at radius 3 is 2.30 bits per heavy atom. The van der Waals surface area contributed by atoms with Gasteiger partial charge in [-0.2, -0.15) is 0 Å². The fourth-order valence-corrected chi connectivity index (χ4v) is 2.13. The first-order valence-corrected chi connectivity index (χ1v) is 7.69. The normalized spacial score (nSPS) is 11.0. The number of furan rings is 2. The number of amides is 2. The van der Waals surface area contributed by atoms with Crippen LogP contribution in [0.5, 0.6) is 0 Å². The molecule has 9 nitrogen and oxygen atoms in total. The number of non-ortho nitro benzene ring substituents is 1. The summed E-state index contributed by atoms with van der Waals surface area (Å²) in [6, 6.07) is 11.5. The van der Waals surface area contributed by atoms with Crippen LogP contribution < -0.4 is 10.6 Å². The first-order valence-electron chi connectivity index (χ1n) is 7.69. The van der Waals surface area contributed by atoms with Crippen molar-refractivity contribution in [1.29, 1.82) is 0 Å². The minimum Gasteiger partial charge on any atom is -0.465 e. The maximum absolute atomic E-state index is 12.6. The molecular formula is C18H13N3O6. The van der Waals surface area contributed by atoms with Crippen molar-refractivity contribution in [3.05, 3.63) is 88.4 Å². The highest BCUT2D eigenvalue weighted by molar-refractivity contribution is 6.10. The Balaban J connectivity index is 1.80. The maximum Gasteiger partial charge on any atom is 0.291 e. The largest absolute Gasteiger partial charge is 0.465 e. The van der Waals surface area contributed by atoms with Gasteiger partial charge in [0, 0.05) is 23.9 Å². The molecule has 2 N–H and O–H groups in total. The summed E-state index contributed by atoms with van der Waals surface area (Å²) in [5, 5.41) is 15.7. The molecule has 2 heterocycles. The Morgan fingerprint density at radius 1 is 1.00 bits per heavy atom. The summed E-state index contributed by atoms with van der Waals surface area (Å²) < 4.78 is 10.2. The number of hydrogen-bond donors (Lipinski definition) is 2. The Kier molecular flexibility index (Phi) is 5.12. The van der Waals surface area contributed by atoms with Crippen LogP contribution in [0.3, 0.4) is 0 Å². The van der Waals surface area contributed by atoms with E-state index in [0.29, 0.717) is 11.4 Å². The highest BCUT2D eigenvalue weighted by Gasteiger charge is 2.17. The maximum atomic E-state index is 12.6. The van der Waals surface area contributed by atoms with Crippen molar-refractivity contribution in [3.8, 4) is 0 Å². The standard InChI is InChI=1S/C18H13N3O6/c22-17(19-12-5-7-13(8-6-12)21(24)25)15(11-14-3-1-9-26-14)20-18(23)16-4-2-10-27-16/h1-11H,(H,19,22)(H,20,23)/b15-11+. The second kappa shape index (κ2) is 7.83. The van der Waals surface area contributed by atoms with Gasteiger partial charge in [-0.3, -0.25) is 19.7 Å². The molecule has 2 aromatic heterocycles. The van der Waals surface area contributed by atoms with Crippen LogP contribution in [0.15, 0.2) is 75.6 Å². The number of nitro groups is 1. The number of hydrogen-bond acceptors (Lipinski definition) is 6. The highest BCUT2D eigenvalue weighted by atomic mass is 16.6. The minimum absolute atomic E-state index is 0.0310. The van der Waals surface area contributed by atoms with Gasteiger partial charge in [-0.05, 0) is 36.4 Å². The van der Waals surface area contributed by atoms with Gasteiger partial charge < -0.3 is 19.5 Å². The summed E-state index contributed by atoms with van der Waals surface area (Å²) in [7, 11) is 0. The molecule has 2 amide bonds. The Hall–Kier alpha value is -4.14. The van der Waals surface area contributed by atoms with E-state index in [9.17, 15) is 19.7 Å². The summed E-state index contributed by atoms with van der Waals surface area (Å²) >= 11 is 0. The van der Waals surface area contributed by atoms with Crippen LogP contribution in [-0.4, -0.2) is 16.7 Å². The Bertz CT molecular complexity index is 973. The fraction of sp³-hybridized carbons (Fsp3) is 0. The second-order valence-corrected chi connectivity index (χ2v) is 5.26. The number of nitrogens with zero attached hydrogens (tertiary/aromatic N) is 1. The van der Waals surface area contributed by atoms with Crippen molar-refractivity contribution in [2.75, 3.05) is 5.32 Å². The lowest BCUT2D eigenvalue weighted by molar-refractivity contribution is -0.384. The van der Waals surface area contributed by atoms with Gasteiger partial charge in [0.15, 0.2) is 5.76 Å². The number of carbonyl (C=O) groups is 2. The average Bonchev–Trinajstić information content (AvgIpc) is 3.35. The third-order valence-corrected chi connectivity index (χ3v) is 3.40. The lowest BCUT2D eigenvalue weighted by atomic mass is 10.2. The molecule has 27 heavy (non-hydrogen) atoms. The van der Waals surface area contributed by atoms with Crippen LogP contribution in [0.25, 0.3) is 6.08 Å². The molecule has 0 aliphatic carbocycles. The van der Waals surface area contributed by atoms with Gasteiger partial charge in [-0.1, -0.05) is 0 Å². The fourth-order valence-electron chi connectivity index (χ4n) is 2.13. The molecule has 0 spiro atoms. The number of rotatable bonds is 6. The van der Waals surface area contributed by atoms with Crippen molar-refractivity contribution < 1.29 is 23.3 Å². The number of anilines is 1. The summed E-state index contributed by atoms with van der Waals surface area (Å²) in [5.41, 5.74) is 0.123. The highest BCUT2D eigenvalue weighted by Crippen LogP contribution is 2.16. The van der Waals surface area contributed by atoms with Crippen molar-refractivity contribution in [2.24, 2.45) is 0 Å². The first kappa shape index (κ1) is 17.7. The van der Waals surface area contributed by atoms with Crippen molar-refractivity contribution >= 4 is 29.3 Å². The van der Waals surface area contributed by atoms with Crippen LogP contribution in [0.2, 0.25) is 0 Å². The molecule has 0 saturated carbocycles. The third-order valence-electron chi connectivity index (χ3n) is 3.40. The summed E-state index contributed by atoms with van der Waals surface area (Å²) in [6.45, 7) is 0. The van der Waals surface area contributed by atoms with Gasteiger partial charge in [0.25, 0.3) is 17.5 Å². The van der Waals surface area contributed by atoms with E-state index in [0.717, 1.165) is 0 Å². The summed E-state index contributed by atoms with van der Waals surface area (Å²) in [4.78, 5) is 34.9. The molecule has 0 unspecified atom stereocenters. The van der Waals surface area contributed by atoms with Crippen LogP contribution in [0.1, 0.15) is 16.3 Å². The van der Waals surface area contributed by atoms with E-state index in [1.807, 2.05) is 0 Å². The third kappa shape index (κ3) is 4.48. The number of carbonyl (C=O) groups excluding carboxylic acids is 2. The van der Waals surface area contributed by atoms with Crippen LogP contribution >= 0.6 is 0 Å². The number of benzene rings is 1. The molecule has 3 aromatic rings. The molecule has 0 fully saturated rings. The number of nitro benzene ring substituents is 1. The smallest absolute Gasteiger partial charge is 0.291 e. The van der Waals surface area contributed by atoms with E-state index in [-0.39, 0.29) is 17.1 Å². The zero-order valence-corrected chi connectivity index (χ0v) is 13.7. The molecule has 9 heteroatoms. The Labute approximate surface area is 152 Å². The zero-order chi connectivity index (χ0) is 19.2. The summed E-state index contributed by atoms with van der Waals surface area (Å²) in [6.07, 6.45) is 4.11. The van der Waals surface area contributed by atoms with E-state index in [2.05, 4.69) is 10.6 Å². The van der Waals surface area contributed by atoms with Gasteiger partial charge in [0.05, 0.1) is 17.4 Å². The summed E-state index contributed by atoms with van der Waals surface area (Å²) in [5.74, 6) is -0.871. The molecule has 0 aliphatic heterocycles. The van der Waals surface area contributed by atoms with E-state index in [1.165, 1.54) is 48.9 Å². The molecule has 0 saturated heterocycles. The van der Waals surface area contributed by atoms with Crippen LogP contribution in [0, 0.1) is 10.1 Å². The molecule has 0 aliphatic rings. The molecule has 1 aromatic carbocycles. The monoisotopic (exact) mass is 367 g/mol. The minimum atomic E-state index is -0.639. The lowest BCUT2D eigenvalue weighted by Gasteiger charge is -2.09. The van der Waals surface area contributed by atoms with Crippen LogP contribution in [0.4, 0.5) is 11.4 Å². The lowest BCUT2D eigenvalue weighted by Crippen LogP contribution is -2.30. The molecule has 3 rings (SSSR count). The van der Waals surface area contributed by atoms with Gasteiger partial charge >= 0.3 is 0 Å². The second-order valence-electron chi connectivity index (χ2n) is 5.26. The topological polar surface area (TPSA) is 128 Å². The number of nitrogens with one attached hydrogen (secondary N) is 2. The predicted molar refractivity (Wildman–Crippen MR) is 94.6 cm³/mol. The average molecular weight is 367 g/mol. The van der Waals surface area contributed by atoms with E-state index < -0.39 is 16.7 Å². The van der Waals surface area contributed by atoms with Gasteiger partial charge in [-0.15, -0.1) is 0 Å². The van der Waals surface area contributed by atoms with E-state index in [1.54, 1.807) is 18.2 Å². The van der Waals surface area contributed by atoms with Crippen LogP contribution in [-0.2, 0) is 4.79 Å². The van der Waals surface area contributed by atoms with Crippen molar-refractivity contribution in [2.45, 2.75) is 0 Å². The Morgan fingerprint density at radius 2 is 1.70 bits per heavy atom.